The van der Waals surface area contributed by atoms with Crippen LogP contribution in [0.5, 0.6) is 5.75 Å². The standard InChI is InChI=1S/C15H9N5O/c1-21-14-9(6-16)2-3-10(11(14)7-17)15-19-12-4-5-18-8-13(12)20-15/h2-5,8H,1H3,(H,19,20). The SMILES string of the molecule is COc1c(C#N)ccc(-c2nc3cnccc3[nH]2)c1C#N. The third-order valence-electron chi connectivity index (χ3n) is 3.13. The van der Waals surface area contributed by atoms with Crippen LogP contribution in [0.25, 0.3) is 22.4 Å². The van der Waals surface area contributed by atoms with E-state index in [1.165, 1.54) is 7.11 Å². The first-order chi connectivity index (χ1) is 10.3. The Bertz CT molecular complexity index is 881. The summed E-state index contributed by atoms with van der Waals surface area (Å²) in [5, 5.41) is 18.5. The summed E-state index contributed by atoms with van der Waals surface area (Å²) < 4.78 is 5.20. The van der Waals surface area contributed by atoms with E-state index in [1.807, 2.05) is 6.07 Å². The molecule has 6 nitrogen and oxygen atoms in total. The largest absolute Gasteiger partial charge is 0.494 e. The first kappa shape index (κ1) is 12.6. The molecule has 0 aliphatic carbocycles. The zero-order valence-corrected chi connectivity index (χ0v) is 11.1. The van der Waals surface area contributed by atoms with Crippen molar-refractivity contribution in [2.45, 2.75) is 0 Å². The van der Waals surface area contributed by atoms with Gasteiger partial charge in [0.15, 0.2) is 5.75 Å². The minimum atomic E-state index is 0.260. The summed E-state index contributed by atoms with van der Waals surface area (Å²) in [7, 11) is 1.43. The van der Waals surface area contributed by atoms with Crippen molar-refractivity contribution < 1.29 is 4.74 Å². The number of hydrogen-bond acceptors (Lipinski definition) is 5. The minimum absolute atomic E-state index is 0.260. The Balaban J connectivity index is 2.28. The van der Waals surface area contributed by atoms with Crippen molar-refractivity contribution in [2.75, 3.05) is 7.11 Å². The normalized spacial score (nSPS) is 10.0. The van der Waals surface area contributed by atoms with Gasteiger partial charge in [-0.15, -0.1) is 0 Å². The van der Waals surface area contributed by atoms with Gasteiger partial charge in [-0.3, -0.25) is 4.98 Å². The van der Waals surface area contributed by atoms with E-state index in [1.54, 1.807) is 30.6 Å². The highest BCUT2D eigenvalue weighted by molar-refractivity contribution is 5.81. The second-order valence-corrected chi connectivity index (χ2v) is 4.27. The maximum Gasteiger partial charge on any atom is 0.155 e. The number of hydrogen-bond donors (Lipinski definition) is 1. The fourth-order valence-electron chi connectivity index (χ4n) is 2.18. The predicted octanol–water partition coefficient (Wildman–Crippen LogP) is 2.38. The number of benzene rings is 1. The number of nitrogens with one attached hydrogen (secondary N) is 1. The molecule has 1 aromatic carbocycles. The molecule has 0 radical (unpaired) electrons. The summed E-state index contributed by atoms with van der Waals surface area (Å²) >= 11 is 0. The van der Waals surface area contributed by atoms with E-state index in [2.05, 4.69) is 21.0 Å². The minimum Gasteiger partial charge on any atom is -0.494 e. The zero-order chi connectivity index (χ0) is 14.8. The molecule has 2 aromatic heterocycles. The molecule has 0 saturated carbocycles. The average molecular weight is 275 g/mol. The lowest BCUT2D eigenvalue weighted by molar-refractivity contribution is 0.412. The van der Waals surface area contributed by atoms with Crippen LogP contribution in [0.15, 0.2) is 30.6 Å². The summed E-state index contributed by atoms with van der Waals surface area (Å²) in [6, 6.07) is 9.19. The molecule has 0 spiro atoms. The molecule has 0 fully saturated rings. The van der Waals surface area contributed by atoms with Gasteiger partial charge in [-0.25, -0.2) is 4.98 Å². The van der Waals surface area contributed by atoms with Gasteiger partial charge in [-0.2, -0.15) is 10.5 Å². The Hall–Kier alpha value is -3.38. The number of H-pyrrole nitrogens is 1. The van der Waals surface area contributed by atoms with Gasteiger partial charge in [0.25, 0.3) is 0 Å². The van der Waals surface area contributed by atoms with Crippen molar-refractivity contribution in [3.8, 4) is 29.3 Å². The van der Waals surface area contributed by atoms with E-state index in [-0.39, 0.29) is 11.3 Å². The molecule has 0 atom stereocenters. The maximum atomic E-state index is 9.39. The van der Waals surface area contributed by atoms with Gasteiger partial charge in [0.05, 0.1) is 24.4 Å². The number of imidazole rings is 1. The maximum absolute atomic E-state index is 9.39. The van der Waals surface area contributed by atoms with E-state index in [4.69, 9.17) is 10.00 Å². The van der Waals surface area contributed by atoms with Gasteiger partial charge >= 0.3 is 0 Å². The van der Waals surface area contributed by atoms with Crippen LogP contribution < -0.4 is 4.74 Å². The van der Waals surface area contributed by atoms with Crippen molar-refractivity contribution in [1.82, 2.24) is 15.0 Å². The predicted molar refractivity (Wildman–Crippen MR) is 75.3 cm³/mol. The number of rotatable bonds is 2. The van der Waals surface area contributed by atoms with Crippen LogP contribution >= 0.6 is 0 Å². The quantitative estimate of drug-likeness (QED) is 0.774. The third-order valence-corrected chi connectivity index (χ3v) is 3.13. The molecule has 6 heteroatoms. The molecule has 0 unspecified atom stereocenters. The van der Waals surface area contributed by atoms with Gasteiger partial charge in [0.2, 0.25) is 0 Å². The van der Waals surface area contributed by atoms with Crippen LogP contribution in [0.1, 0.15) is 11.1 Å². The molecule has 0 saturated heterocycles. The molecule has 21 heavy (non-hydrogen) atoms. The average Bonchev–Trinajstić information content (AvgIpc) is 2.96. The number of nitriles is 2. The van der Waals surface area contributed by atoms with E-state index in [0.717, 1.165) is 5.52 Å². The second kappa shape index (κ2) is 4.95. The lowest BCUT2D eigenvalue weighted by atomic mass is 10.0. The van der Waals surface area contributed by atoms with Crippen molar-refractivity contribution in [2.24, 2.45) is 0 Å². The lowest BCUT2D eigenvalue weighted by Gasteiger charge is -2.08. The monoisotopic (exact) mass is 275 g/mol. The van der Waals surface area contributed by atoms with Gasteiger partial charge in [0.1, 0.15) is 29.0 Å². The summed E-state index contributed by atoms with van der Waals surface area (Å²) in [4.78, 5) is 11.6. The van der Waals surface area contributed by atoms with Crippen molar-refractivity contribution in [1.29, 1.82) is 10.5 Å². The Labute approximate surface area is 120 Å². The molecule has 0 aliphatic heterocycles. The number of pyridine rings is 1. The Morgan fingerprint density at radius 3 is 2.71 bits per heavy atom. The molecule has 2 heterocycles. The zero-order valence-electron chi connectivity index (χ0n) is 11.1. The molecule has 0 aliphatic rings. The topological polar surface area (TPSA) is 98.4 Å². The van der Waals surface area contributed by atoms with Crippen LogP contribution in [0.2, 0.25) is 0 Å². The molecule has 0 amide bonds. The Morgan fingerprint density at radius 2 is 2.05 bits per heavy atom. The van der Waals surface area contributed by atoms with Gasteiger partial charge < -0.3 is 9.72 Å². The highest BCUT2D eigenvalue weighted by Gasteiger charge is 2.17. The van der Waals surface area contributed by atoms with Crippen LogP contribution in [-0.4, -0.2) is 22.1 Å². The molecule has 3 rings (SSSR count). The Kier molecular flexibility index (Phi) is 2.98. The number of aromatic nitrogens is 3. The van der Waals surface area contributed by atoms with Crippen LogP contribution in [0.3, 0.4) is 0 Å². The summed E-state index contributed by atoms with van der Waals surface area (Å²) in [6.45, 7) is 0. The molecule has 1 N–H and O–H groups in total. The molecule has 100 valence electrons. The fourth-order valence-corrected chi connectivity index (χ4v) is 2.18. The Morgan fingerprint density at radius 1 is 1.19 bits per heavy atom. The van der Waals surface area contributed by atoms with Gasteiger partial charge in [0, 0.05) is 11.8 Å². The van der Waals surface area contributed by atoms with Crippen molar-refractivity contribution >= 4 is 11.0 Å². The smallest absolute Gasteiger partial charge is 0.155 e. The number of ether oxygens (including phenoxy) is 1. The van der Waals surface area contributed by atoms with Crippen LogP contribution in [0.4, 0.5) is 0 Å². The first-order valence-electron chi connectivity index (χ1n) is 6.09. The fraction of sp³-hybridized carbons (Fsp3) is 0.0667. The van der Waals surface area contributed by atoms with Crippen LogP contribution in [0, 0.1) is 22.7 Å². The van der Waals surface area contributed by atoms with Crippen molar-refractivity contribution in [3.05, 3.63) is 41.7 Å². The van der Waals surface area contributed by atoms with Crippen LogP contribution in [-0.2, 0) is 0 Å². The molecule has 3 aromatic rings. The van der Waals surface area contributed by atoms with E-state index in [0.29, 0.717) is 22.5 Å². The highest BCUT2D eigenvalue weighted by Crippen LogP contribution is 2.32. The number of aromatic amines is 1. The first-order valence-corrected chi connectivity index (χ1v) is 6.09. The van der Waals surface area contributed by atoms with E-state index in [9.17, 15) is 5.26 Å². The lowest BCUT2D eigenvalue weighted by Crippen LogP contribution is -1.96. The number of methoxy groups -OCH3 is 1. The summed E-state index contributed by atoms with van der Waals surface area (Å²) in [6.07, 6.45) is 3.30. The summed E-state index contributed by atoms with van der Waals surface area (Å²) in [5.41, 5.74) is 2.72. The van der Waals surface area contributed by atoms with Crippen molar-refractivity contribution in [3.63, 3.8) is 0 Å². The molecular weight excluding hydrogens is 266 g/mol. The third kappa shape index (κ3) is 1.96. The van der Waals surface area contributed by atoms with Gasteiger partial charge in [-0.05, 0) is 18.2 Å². The van der Waals surface area contributed by atoms with Gasteiger partial charge in [-0.1, -0.05) is 0 Å². The molecular formula is C15H9N5O. The number of fused-ring (bicyclic) bond motifs is 1. The second-order valence-electron chi connectivity index (χ2n) is 4.27. The van der Waals surface area contributed by atoms with E-state index < -0.39 is 0 Å². The molecule has 0 bridgehead atoms. The summed E-state index contributed by atoms with van der Waals surface area (Å²) in [5.74, 6) is 0.799. The highest BCUT2D eigenvalue weighted by atomic mass is 16.5. The van der Waals surface area contributed by atoms with E-state index >= 15 is 0 Å². The number of nitrogens with zero attached hydrogens (tertiary/aromatic N) is 4.